The molecule has 123 heavy (non-hydrogen) atoms. The van der Waals surface area contributed by atoms with Gasteiger partial charge in [-0.05, 0) is 266 Å². The number of urea groups is 1. The molecule has 12 rings (SSSR count). The van der Waals surface area contributed by atoms with E-state index in [1.165, 1.54) is 46.6 Å². The molecule has 31 nitrogen and oxygen atoms in total. The molecule has 0 unspecified atom stereocenters. The van der Waals surface area contributed by atoms with E-state index in [0.717, 1.165) is 134 Å². The Morgan fingerprint density at radius 3 is 1.40 bits per heavy atom. The summed E-state index contributed by atoms with van der Waals surface area (Å²) in [6.45, 7) is 54.8. The van der Waals surface area contributed by atoms with Crippen LogP contribution in [-0.4, -0.2) is 172 Å². The number of rotatable bonds is 19. The summed E-state index contributed by atoms with van der Waals surface area (Å²) in [5.74, 6) is 7.37. The molecule has 0 saturated carbocycles. The fourth-order valence-electron chi connectivity index (χ4n) is 9.85. The number of amides is 2. The zero-order chi connectivity index (χ0) is 90.3. The normalized spacial score (nSPS) is 10.4. The molecule has 33 heteroatoms. The van der Waals surface area contributed by atoms with E-state index in [1.807, 2.05) is 160 Å². The first-order chi connectivity index (χ1) is 58.0. The summed E-state index contributed by atoms with van der Waals surface area (Å²) >= 11 is 5.05. The van der Waals surface area contributed by atoms with Crippen molar-refractivity contribution in [1.82, 2.24) is 95.2 Å². The number of halogens is 1. The average Bonchev–Trinajstić information content (AvgIpc) is 1.81. The van der Waals surface area contributed by atoms with Crippen LogP contribution in [-0.2, 0) is 26.2 Å². The number of amidine groups is 2. The van der Waals surface area contributed by atoms with Gasteiger partial charge >= 0.3 is 6.03 Å². The predicted molar refractivity (Wildman–Crippen MR) is 519 cm³/mol. The number of nitrogens with one attached hydrogen (secondary N) is 11. The Bertz CT molecular complexity index is 4620. The van der Waals surface area contributed by atoms with Gasteiger partial charge < -0.3 is 68.3 Å². The molecule has 13 N–H and O–H groups in total. The minimum Gasteiger partial charge on any atom is -0.388 e. The van der Waals surface area contributed by atoms with Crippen molar-refractivity contribution in [2.75, 3.05) is 67.1 Å². The van der Waals surface area contributed by atoms with Crippen molar-refractivity contribution in [3.63, 3.8) is 0 Å². The van der Waals surface area contributed by atoms with Crippen LogP contribution < -0.4 is 43.0 Å². The second-order valence-corrected chi connectivity index (χ2v) is 25.9. The second-order valence-electron chi connectivity index (χ2n) is 25.5. The van der Waals surface area contributed by atoms with E-state index in [1.54, 1.807) is 69.1 Å². The van der Waals surface area contributed by atoms with E-state index < -0.39 is 0 Å². The third-order valence-corrected chi connectivity index (χ3v) is 16.0. The Morgan fingerprint density at radius 2 is 1.07 bits per heavy atom. The van der Waals surface area contributed by atoms with Crippen LogP contribution in [0.2, 0.25) is 0 Å². The molecule has 0 aliphatic carbocycles. The van der Waals surface area contributed by atoms with Crippen molar-refractivity contribution < 1.29 is 9.18 Å². The molecular formula is C90H141FN30OS. The van der Waals surface area contributed by atoms with Crippen LogP contribution in [0, 0.1) is 72.0 Å². The highest BCUT2D eigenvalue weighted by Gasteiger charge is 2.06. The molecule has 0 atom stereocenters. The van der Waals surface area contributed by atoms with Crippen LogP contribution in [0.25, 0.3) is 11.1 Å². The number of allylic oxidation sites excluding steroid dienone is 1. The van der Waals surface area contributed by atoms with Crippen molar-refractivity contribution in [3.05, 3.63) is 228 Å². The number of imidazole rings is 3. The highest BCUT2D eigenvalue weighted by molar-refractivity contribution is 7.80. The number of aromatic amines is 2. The van der Waals surface area contributed by atoms with E-state index in [9.17, 15) is 9.18 Å². The van der Waals surface area contributed by atoms with Gasteiger partial charge in [0.2, 0.25) is 11.9 Å². The Hall–Kier alpha value is -13.1. The molecule has 11 aromatic rings. The number of hydrogen-bond donors (Lipinski definition) is 12. The topological polar surface area (TPSA) is 405 Å². The quantitative estimate of drug-likeness (QED) is 0.0203. The number of H-pyrrole nitrogens is 2. The molecule has 670 valence electrons. The summed E-state index contributed by atoms with van der Waals surface area (Å²) in [4.78, 5) is 54.0. The lowest BCUT2D eigenvalue weighted by molar-refractivity contribution is 0.252. The fraction of sp³-hybridized carbons (Fsp3) is 0.400. The monoisotopic (exact) mass is 1710 g/mol. The molecule has 0 bridgehead atoms. The van der Waals surface area contributed by atoms with Crippen LogP contribution >= 0.6 is 12.2 Å². The number of tetrazole rings is 1. The third-order valence-electron chi connectivity index (χ3n) is 15.8. The number of anilines is 4. The third kappa shape index (κ3) is 50.6. The van der Waals surface area contributed by atoms with Crippen LogP contribution in [0.4, 0.5) is 43.8 Å². The summed E-state index contributed by atoms with van der Waals surface area (Å²) in [6, 6.07) is 37.9. The van der Waals surface area contributed by atoms with E-state index in [4.69, 9.17) is 28.8 Å². The number of benzene rings is 5. The lowest BCUT2D eigenvalue weighted by atomic mass is 10.0. The zero-order valence-electron chi connectivity index (χ0n) is 75.3. The molecule has 1 aliphatic heterocycles. The Balaban J connectivity index is 0. The molecular weight excluding hydrogens is 1570 g/mol. The van der Waals surface area contributed by atoms with Crippen LogP contribution in [0.3, 0.4) is 0 Å². The van der Waals surface area contributed by atoms with E-state index >= 15 is 0 Å². The van der Waals surface area contributed by atoms with Gasteiger partial charge in [-0.25, -0.2) is 44.1 Å². The first-order valence-electron chi connectivity index (χ1n) is 40.4. The molecule has 0 fully saturated rings. The van der Waals surface area contributed by atoms with Gasteiger partial charge in [-0.15, -0.1) is 10.2 Å². The zero-order valence-corrected chi connectivity index (χ0v) is 76.2. The first-order valence-corrected chi connectivity index (χ1v) is 40.9. The molecule has 0 saturated heterocycles. The predicted octanol–water partition coefficient (Wildman–Crippen LogP) is 18.8. The number of carbonyl (C=O) groups is 1. The van der Waals surface area contributed by atoms with Crippen molar-refractivity contribution in [2.24, 2.45) is 25.7 Å². The van der Waals surface area contributed by atoms with Crippen LogP contribution in [0.5, 0.6) is 0 Å². The van der Waals surface area contributed by atoms with Gasteiger partial charge in [-0.2, -0.15) is 15.0 Å². The molecule has 6 aromatic heterocycles. The molecule has 2 amide bonds. The number of hydrogen-bond acceptors (Lipinski definition) is 21. The molecule has 1 aliphatic rings. The molecule has 7 heterocycles. The van der Waals surface area contributed by atoms with E-state index in [0.29, 0.717) is 46.5 Å². The number of thiocarbonyl (C=S) groups is 1. The number of nitrogens with zero attached hydrogens (tertiary/aromatic N) is 18. The van der Waals surface area contributed by atoms with Crippen molar-refractivity contribution in [3.8, 4) is 11.1 Å². The largest absolute Gasteiger partial charge is 0.388 e. The summed E-state index contributed by atoms with van der Waals surface area (Å²) < 4.78 is 18.4. The van der Waals surface area contributed by atoms with E-state index in [2.05, 4.69) is 219 Å². The number of aryl methyl sites for hydroxylation is 10. The highest BCUT2D eigenvalue weighted by Crippen LogP contribution is 2.22. The van der Waals surface area contributed by atoms with Gasteiger partial charge in [0.05, 0.1) is 24.6 Å². The van der Waals surface area contributed by atoms with Crippen molar-refractivity contribution in [2.45, 2.75) is 200 Å². The van der Waals surface area contributed by atoms with Crippen LogP contribution in [0.1, 0.15) is 176 Å². The smallest absolute Gasteiger partial charge is 0.319 e. The maximum atomic E-state index is 12.4. The van der Waals surface area contributed by atoms with Gasteiger partial charge in [-0.1, -0.05) is 87.2 Å². The van der Waals surface area contributed by atoms with Crippen LogP contribution in [0.15, 0.2) is 185 Å². The fourth-order valence-corrected chi connectivity index (χ4v) is 10.1. The number of carbonyl (C=O) groups excluding carboxylic acids is 1. The lowest BCUT2D eigenvalue weighted by Gasteiger charge is -2.08. The maximum Gasteiger partial charge on any atom is 0.319 e. The Morgan fingerprint density at radius 1 is 0.577 bits per heavy atom. The van der Waals surface area contributed by atoms with Crippen molar-refractivity contribution in [1.29, 1.82) is 10.8 Å². The number of aromatic nitrogens is 16. The minimum absolute atomic E-state index is 0. The first kappa shape index (κ1) is 112. The SMILES string of the molecule is C.C.C/C=C/C1=NCCN1.CC=Nc1ncc[nH]1.CC=Nc1ncc[nH]1.CCN=C(C)N.CCNC(=O)Nc1ccc(F)cc1.CCNC(=S)Nc1ccc(C)cc1.CCNc1ccc(-c2ccc(C(C)=N)cc2)cc1.CCNc1ccc(C(C)=N)cc1.CCn1c(C)nc(C)c1C.CCn1nc(C)nc1C.CCn1ncnc1C.CCn1nnc(C)n1. The van der Waals surface area contributed by atoms with Gasteiger partial charge in [0.1, 0.15) is 41.3 Å². The van der Waals surface area contributed by atoms with Gasteiger partial charge in [-0.3, -0.25) is 19.3 Å². The number of aliphatic imine (C=N–C) groups is 4. The minimum atomic E-state index is -0.318. The Labute approximate surface area is 736 Å². The summed E-state index contributed by atoms with van der Waals surface area (Å²) in [5.41, 5.74) is 18.3. The summed E-state index contributed by atoms with van der Waals surface area (Å²) in [7, 11) is 0. The number of nitrogens with two attached hydrogens (primary N) is 1. The van der Waals surface area contributed by atoms with Gasteiger partial charge in [0.15, 0.2) is 10.9 Å². The lowest BCUT2D eigenvalue weighted by Crippen LogP contribution is -2.28. The molecule has 5 aromatic carbocycles. The second kappa shape index (κ2) is 67.7. The summed E-state index contributed by atoms with van der Waals surface area (Å²) in [6.07, 6.45) is 15.7. The Kier molecular flexibility index (Phi) is 61.6. The maximum absolute atomic E-state index is 12.4. The molecule has 0 spiro atoms. The van der Waals surface area contributed by atoms with Gasteiger partial charge in [0, 0.05) is 136 Å². The molecule has 0 radical (unpaired) electrons. The summed E-state index contributed by atoms with van der Waals surface area (Å²) in [5, 5.41) is 55.9. The average molecular weight is 1710 g/mol. The van der Waals surface area contributed by atoms with Crippen molar-refractivity contribution >= 4 is 93.5 Å². The van der Waals surface area contributed by atoms with Gasteiger partial charge in [0.25, 0.3) is 0 Å². The highest BCUT2D eigenvalue weighted by atomic mass is 32.1. The standard InChI is InChI=1S/C16H18N2.C10H14N2S.C10H14N2.C9H11FN2O.C8H14N2.C6H11N3.C6H10N2.C5H9N3.2C5H7N3.C4H8N4.C4H10N2.2CH4/c1-3-18-16-10-8-15(9-11-16)14-6-4-13(5-7-14)12(2)17;1-3-11-10(13)12-9-6-4-8(2)5-7-9;1-3-12-10-6-4-9(5-7-10)8(2)11;1-2-11-9(13)12-8-5-3-7(10)4-6-8;1-5-10-7(3)6(2)9-8(10)4;1-4-9-6(3)7-5(2)8-9;1-2-3-6-7-4-5-8-6;1-3-8-5(2)6-4-7-8;2*1-2-6-5-7-3-4-8-5;1-3-8-6-4(2)5-7-8;1-3-6-4(2)5;;/h4-11,17-18H,3H2,1-2H3;4-7H,3H2,1-2H3,(H2,11,12,13);4-7,11-12H,3H2,1-2H3;3-6H,2H2,1H3,(H2,11,12,13);5H2,1-4H3;4H2,1-3H3;2-3H,4-5H2,1H3,(H,7,8);4H,3H2,1-2H3;2*2-4H,1H3,(H,7,8);3H2,1-2H3;3H2,1-2H3,(H2,5,6);2*1H4/b;;;;;;3-2+;;;;;;;. The van der Waals surface area contributed by atoms with E-state index in [-0.39, 0.29) is 26.7 Å².